The highest BCUT2D eigenvalue weighted by Crippen LogP contribution is 2.25. The highest BCUT2D eigenvalue weighted by molar-refractivity contribution is 5.72. The third-order valence-corrected chi connectivity index (χ3v) is 4.58. The Morgan fingerprint density at radius 2 is 2.11 bits per heavy atom. The third-order valence-electron chi connectivity index (χ3n) is 4.58. The molecule has 1 aliphatic heterocycles. The van der Waals surface area contributed by atoms with Crippen molar-refractivity contribution in [1.29, 1.82) is 0 Å². The van der Waals surface area contributed by atoms with Gasteiger partial charge < -0.3 is 19.9 Å². The molecule has 1 aliphatic rings. The van der Waals surface area contributed by atoms with E-state index in [0.717, 1.165) is 5.56 Å². The van der Waals surface area contributed by atoms with Crippen LogP contribution in [0.5, 0.6) is 0 Å². The summed E-state index contributed by atoms with van der Waals surface area (Å²) < 4.78 is 6.79. The van der Waals surface area contributed by atoms with E-state index in [2.05, 4.69) is 20.5 Å². The number of aliphatic hydroxyl groups is 1. The molecule has 0 radical (unpaired) electrons. The van der Waals surface area contributed by atoms with Crippen molar-refractivity contribution in [3.05, 3.63) is 58.6 Å². The zero-order valence-corrected chi connectivity index (χ0v) is 14.6. The second-order valence-corrected chi connectivity index (χ2v) is 6.35. The monoisotopic (exact) mass is 383 g/mol. The van der Waals surface area contributed by atoms with Crippen molar-refractivity contribution in [2.45, 2.75) is 24.9 Å². The number of hydrogen-bond donors (Lipinski definition) is 3. The standard InChI is InChI=1S/C18H17N5O5/c24-9-12(16-22-21-15(28-16)10-4-2-1-3-5-10)20-11-8-19-14-7-6-13(18(26)27)23(14)17(11)25/h1-5,8,12-13,20,24H,6-7,9H2,(H,26,27)/t12-,13+/m1/s1. The quantitative estimate of drug-likeness (QED) is 0.568. The molecule has 144 valence electrons. The highest BCUT2D eigenvalue weighted by atomic mass is 16.4. The molecule has 0 saturated carbocycles. The molecule has 1 aromatic carbocycles. The molecule has 0 spiro atoms. The minimum atomic E-state index is -1.08. The SMILES string of the molecule is O=C(O)[C@@H]1CCc2ncc(N[C@H](CO)c3nnc(-c4ccccc4)o3)c(=O)n21. The Morgan fingerprint density at radius 1 is 1.32 bits per heavy atom. The molecule has 3 aromatic rings. The summed E-state index contributed by atoms with van der Waals surface area (Å²) >= 11 is 0. The van der Waals surface area contributed by atoms with Crippen LogP contribution >= 0.6 is 0 Å². The Morgan fingerprint density at radius 3 is 2.82 bits per heavy atom. The first-order valence-corrected chi connectivity index (χ1v) is 8.68. The first-order valence-electron chi connectivity index (χ1n) is 8.68. The number of aromatic nitrogens is 4. The summed E-state index contributed by atoms with van der Waals surface area (Å²) in [5.41, 5.74) is 0.257. The number of fused-ring (bicyclic) bond motifs is 1. The van der Waals surface area contributed by atoms with Gasteiger partial charge in [-0.3, -0.25) is 9.36 Å². The smallest absolute Gasteiger partial charge is 0.326 e. The van der Waals surface area contributed by atoms with Crippen LogP contribution in [0.3, 0.4) is 0 Å². The van der Waals surface area contributed by atoms with Crippen molar-refractivity contribution < 1.29 is 19.4 Å². The lowest BCUT2D eigenvalue weighted by Gasteiger charge is -2.15. The van der Waals surface area contributed by atoms with Crippen molar-refractivity contribution in [1.82, 2.24) is 19.7 Å². The maximum absolute atomic E-state index is 12.7. The minimum absolute atomic E-state index is 0.0513. The lowest BCUT2D eigenvalue weighted by Crippen LogP contribution is -2.31. The number of anilines is 1. The van der Waals surface area contributed by atoms with Gasteiger partial charge in [0, 0.05) is 12.0 Å². The number of benzene rings is 1. The van der Waals surface area contributed by atoms with Crippen LogP contribution < -0.4 is 10.9 Å². The summed E-state index contributed by atoms with van der Waals surface area (Å²) in [6, 6.07) is 7.34. The molecule has 4 rings (SSSR count). The predicted octanol–water partition coefficient (Wildman–Crippen LogP) is 1.01. The summed E-state index contributed by atoms with van der Waals surface area (Å²) in [5.74, 6) is -0.276. The van der Waals surface area contributed by atoms with Crippen LogP contribution in [-0.2, 0) is 11.2 Å². The number of carboxylic acids is 1. The van der Waals surface area contributed by atoms with Gasteiger partial charge >= 0.3 is 5.97 Å². The molecule has 0 aliphatic carbocycles. The van der Waals surface area contributed by atoms with Crippen molar-refractivity contribution >= 4 is 11.7 Å². The molecule has 3 heterocycles. The van der Waals surface area contributed by atoms with Crippen LogP contribution in [0, 0.1) is 0 Å². The molecule has 2 aromatic heterocycles. The first kappa shape index (κ1) is 17.9. The van der Waals surface area contributed by atoms with E-state index in [4.69, 9.17) is 4.42 Å². The molecule has 28 heavy (non-hydrogen) atoms. The number of aliphatic carboxylic acids is 1. The zero-order chi connectivity index (χ0) is 19.7. The maximum atomic E-state index is 12.7. The van der Waals surface area contributed by atoms with Gasteiger partial charge in [0.1, 0.15) is 23.6 Å². The van der Waals surface area contributed by atoms with Crippen molar-refractivity contribution in [2.24, 2.45) is 0 Å². The topological polar surface area (TPSA) is 143 Å². The van der Waals surface area contributed by atoms with Gasteiger partial charge in [0.2, 0.25) is 11.8 Å². The number of rotatable bonds is 6. The van der Waals surface area contributed by atoms with Crippen LogP contribution in [0.25, 0.3) is 11.5 Å². The van der Waals surface area contributed by atoms with E-state index in [1.54, 1.807) is 0 Å². The van der Waals surface area contributed by atoms with Crippen LogP contribution in [0.15, 0.2) is 45.7 Å². The number of nitrogens with zero attached hydrogens (tertiary/aromatic N) is 4. The van der Waals surface area contributed by atoms with Gasteiger partial charge in [0.05, 0.1) is 12.8 Å². The fourth-order valence-electron chi connectivity index (χ4n) is 3.18. The highest BCUT2D eigenvalue weighted by Gasteiger charge is 2.31. The van der Waals surface area contributed by atoms with Crippen molar-refractivity contribution in [3.8, 4) is 11.5 Å². The van der Waals surface area contributed by atoms with Crippen LogP contribution in [0.4, 0.5) is 5.69 Å². The second-order valence-electron chi connectivity index (χ2n) is 6.35. The molecular formula is C18H17N5O5. The molecule has 0 bridgehead atoms. The number of carboxylic acid groups (broad SMARTS) is 1. The Balaban J connectivity index is 1.62. The van der Waals surface area contributed by atoms with E-state index in [1.165, 1.54) is 10.8 Å². The molecule has 0 fully saturated rings. The maximum Gasteiger partial charge on any atom is 0.326 e. The van der Waals surface area contributed by atoms with Gasteiger partial charge in [-0.05, 0) is 18.6 Å². The summed E-state index contributed by atoms with van der Waals surface area (Å²) in [6.07, 6.45) is 2.06. The van der Waals surface area contributed by atoms with Crippen molar-refractivity contribution in [3.63, 3.8) is 0 Å². The van der Waals surface area contributed by atoms with E-state index in [-0.39, 0.29) is 17.5 Å². The summed E-state index contributed by atoms with van der Waals surface area (Å²) in [4.78, 5) is 28.3. The van der Waals surface area contributed by atoms with Gasteiger partial charge in [-0.25, -0.2) is 9.78 Å². The van der Waals surface area contributed by atoms with Crippen LogP contribution in [0.2, 0.25) is 0 Å². The van der Waals surface area contributed by atoms with E-state index in [0.29, 0.717) is 18.7 Å². The number of aliphatic hydroxyl groups excluding tert-OH is 1. The lowest BCUT2D eigenvalue weighted by molar-refractivity contribution is -0.140. The van der Waals surface area contributed by atoms with E-state index in [1.807, 2.05) is 30.3 Å². The summed E-state index contributed by atoms with van der Waals surface area (Å²) in [7, 11) is 0. The molecule has 10 nitrogen and oxygen atoms in total. The average Bonchev–Trinajstić information content (AvgIpc) is 3.36. The fourth-order valence-corrected chi connectivity index (χ4v) is 3.18. The van der Waals surface area contributed by atoms with Crippen LogP contribution in [-0.4, -0.2) is 42.5 Å². The van der Waals surface area contributed by atoms with E-state index in [9.17, 15) is 19.8 Å². The molecular weight excluding hydrogens is 366 g/mol. The Hall–Kier alpha value is -3.53. The Bertz CT molecular complexity index is 1060. The van der Waals surface area contributed by atoms with Crippen LogP contribution in [0.1, 0.15) is 30.2 Å². The van der Waals surface area contributed by atoms with Gasteiger partial charge in [0.15, 0.2) is 0 Å². The fraction of sp³-hybridized carbons (Fsp3) is 0.278. The third kappa shape index (κ3) is 3.14. The van der Waals surface area contributed by atoms with Gasteiger partial charge in [-0.2, -0.15) is 0 Å². The Labute approximate surface area is 158 Å². The molecule has 10 heteroatoms. The molecule has 0 saturated heterocycles. The van der Waals surface area contributed by atoms with Gasteiger partial charge in [0.25, 0.3) is 5.56 Å². The van der Waals surface area contributed by atoms with Gasteiger partial charge in [-0.15, -0.1) is 10.2 Å². The lowest BCUT2D eigenvalue weighted by atomic mass is 10.2. The molecule has 3 N–H and O–H groups in total. The predicted molar refractivity (Wildman–Crippen MR) is 96.7 cm³/mol. The molecule has 0 amide bonds. The molecule has 2 atom stereocenters. The first-order chi connectivity index (χ1) is 13.6. The van der Waals surface area contributed by atoms with Crippen molar-refractivity contribution in [2.75, 3.05) is 11.9 Å². The van der Waals surface area contributed by atoms with Gasteiger partial charge in [-0.1, -0.05) is 18.2 Å². The number of nitrogens with one attached hydrogen (secondary N) is 1. The number of aryl methyl sites for hydroxylation is 1. The Kier molecular flexibility index (Phi) is 4.62. The normalized spacial score (nSPS) is 16.5. The summed E-state index contributed by atoms with van der Waals surface area (Å²) in [6.45, 7) is -0.417. The van der Waals surface area contributed by atoms with E-state index >= 15 is 0 Å². The summed E-state index contributed by atoms with van der Waals surface area (Å²) in [5, 5.41) is 29.8. The average molecular weight is 383 g/mol. The molecule has 0 unspecified atom stereocenters. The zero-order valence-electron chi connectivity index (χ0n) is 14.6. The number of carbonyl (C=O) groups is 1. The van der Waals surface area contributed by atoms with E-state index < -0.39 is 30.2 Å². The second kappa shape index (κ2) is 7.24. The minimum Gasteiger partial charge on any atom is -0.480 e. The largest absolute Gasteiger partial charge is 0.480 e. The number of hydrogen-bond acceptors (Lipinski definition) is 8.